The van der Waals surface area contributed by atoms with Gasteiger partial charge in [0.15, 0.2) is 0 Å². The van der Waals surface area contributed by atoms with Crippen LogP contribution < -0.4 is 4.74 Å². The number of phenolic OH excluding ortho intramolecular Hbond substituents is 1. The van der Waals surface area contributed by atoms with E-state index in [1.807, 2.05) is 6.92 Å². The van der Waals surface area contributed by atoms with Crippen molar-refractivity contribution in [3.63, 3.8) is 0 Å². The summed E-state index contributed by atoms with van der Waals surface area (Å²) in [6.07, 6.45) is 2.13. The molecule has 0 aliphatic carbocycles. The number of hydrogen-bond acceptors (Lipinski definition) is 4. The van der Waals surface area contributed by atoms with Gasteiger partial charge in [0.1, 0.15) is 11.5 Å². The van der Waals surface area contributed by atoms with E-state index < -0.39 is 0 Å². The first-order valence-corrected chi connectivity index (χ1v) is 6.93. The van der Waals surface area contributed by atoms with Gasteiger partial charge in [-0.1, -0.05) is 0 Å². The third kappa shape index (κ3) is 3.22. The average Bonchev–Trinajstić information content (AvgIpc) is 2.97. The number of hydrogen-bond donors (Lipinski definition) is 1. The number of rotatable bonds is 5. The minimum absolute atomic E-state index is 0.0263. The maximum atomic E-state index is 12.5. The minimum Gasteiger partial charge on any atom is -0.507 e. The molecule has 1 aromatic carbocycles. The third-order valence-corrected chi connectivity index (χ3v) is 3.55. The summed E-state index contributed by atoms with van der Waals surface area (Å²) in [5.74, 6) is 0.334. The Hall–Kier alpha value is -1.75. The maximum Gasteiger partial charge on any atom is 0.257 e. The summed E-state index contributed by atoms with van der Waals surface area (Å²) in [7, 11) is 1.53. The monoisotopic (exact) mass is 279 g/mol. The summed E-state index contributed by atoms with van der Waals surface area (Å²) in [4.78, 5) is 14.2. The van der Waals surface area contributed by atoms with Crippen LogP contribution in [0.4, 0.5) is 0 Å². The van der Waals surface area contributed by atoms with Gasteiger partial charge in [0.05, 0.1) is 18.8 Å². The number of aromatic hydroxyl groups is 1. The molecule has 110 valence electrons. The van der Waals surface area contributed by atoms with E-state index >= 15 is 0 Å². The molecule has 1 aliphatic rings. The SMILES string of the molecule is CCN(CC1CCCO1)C(=O)c1cc(OC)ccc1O. The van der Waals surface area contributed by atoms with Gasteiger partial charge in [0.25, 0.3) is 5.91 Å². The van der Waals surface area contributed by atoms with Gasteiger partial charge < -0.3 is 19.5 Å². The van der Waals surface area contributed by atoms with E-state index in [1.165, 1.54) is 13.2 Å². The van der Waals surface area contributed by atoms with Crippen LogP contribution in [0.3, 0.4) is 0 Å². The quantitative estimate of drug-likeness (QED) is 0.896. The van der Waals surface area contributed by atoms with Crippen LogP contribution in [-0.4, -0.2) is 48.8 Å². The lowest BCUT2D eigenvalue weighted by Crippen LogP contribution is -2.37. The number of phenols is 1. The highest BCUT2D eigenvalue weighted by Gasteiger charge is 2.24. The first-order chi connectivity index (χ1) is 9.65. The van der Waals surface area contributed by atoms with Gasteiger partial charge in [-0.05, 0) is 38.0 Å². The molecule has 1 heterocycles. The fourth-order valence-electron chi connectivity index (χ4n) is 2.37. The van der Waals surface area contributed by atoms with E-state index in [0.717, 1.165) is 19.4 Å². The number of methoxy groups -OCH3 is 1. The molecule has 1 unspecified atom stereocenters. The summed E-state index contributed by atoms with van der Waals surface area (Å²) in [5.41, 5.74) is 0.268. The summed E-state index contributed by atoms with van der Waals surface area (Å²) < 4.78 is 10.7. The average molecular weight is 279 g/mol. The summed E-state index contributed by atoms with van der Waals surface area (Å²) in [6, 6.07) is 4.67. The molecule has 0 saturated carbocycles. The van der Waals surface area contributed by atoms with Crippen molar-refractivity contribution in [2.24, 2.45) is 0 Å². The highest BCUT2D eigenvalue weighted by atomic mass is 16.5. The summed E-state index contributed by atoms with van der Waals surface area (Å²) in [5, 5.41) is 9.87. The van der Waals surface area contributed by atoms with E-state index in [1.54, 1.807) is 17.0 Å². The highest BCUT2D eigenvalue weighted by Crippen LogP contribution is 2.25. The lowest BCUT2D eigenvalue weighted by atomic mass is 10.1. The van der Waals surface area contributed by atoms with Crippen molar-refractivity contribution in [1.29, 1.82) is 0 Å². The molecule has 0 spiro atoms. The van der Waals surface area contributed by atoms with Gasteiger partial charge in [-0.15, -0.1) is 0 Å². The zero-order chi connectivity index (χ0) is 14.5. The summed E-state index contributed by atoms with van der Waals surface area (Å²) >= 11 is 0. The second-order valence-electron chi connectivity index (χ2n) is 4.86. The van der Waals surface area contributed by atoms with Crippen molar-refractivity contribution in [2.75, 3.05) is 26.8 Å². The van der Waals surface area contributed by atoms with Crippen molar-refractivity contribution in [2.45, 2.75) is 25.9 Å². The second-order valence-corrected chi connectivity index (χ2v) is 4.86. The fraction of sp³-hybridized carbons (Fsp3) is 0.533. The first-order valence-electron chi connectivity index (χ1n) is 6.93. The van der Waals surface area contributed by atoms with Gasteiger partial charge >= 0.3 is 0 Å². The standard InChI is InChI=1S/C15H21NO4/c1-3-16(10-12-5-4-8-20-12)15(18)13-9-11(19-2)6-7-14(13)17/h6-7,9,12,17H,3-5,8,10H2,1-2H3. The Bertz CT molecular complexity index is 469. The number of likely N-dealkylation sites (N-methyl/N-ethyl adjacent to an activating group) is 1. The van der Waals surface area contributed by atoms with Crippen molar-refractivity contribution in [3.05, 3.63) is 23.8 Å². The Balaban J connectivity index is 2.14. The molecule has 1 aliphatic heterocycles. The molecule has 1 fully saturated rings. The molecule has 0 aromatic heterocycles. The molecule has 1 aromatic rings. The molecule has 2 rings (SSSR count). The highest BCUT2D eigenvalue weighted by molar-refractivity contribution is 5.97. The predicted molar refractivity (Wildman–Crippen MR) is 75.2 cm³/mol. The molecule has 1 amide bonds. The number of carbonyl (C=O) groups excluding carboxylic acids is 1. The van der Waals surface area contributed by atoms with Crippen LogP contribution >= 0.6 is 0 Å². The number of benzene rings is 1. The summed E-state index contributed by atoms with van der Waals surface area (Å²) in [6.45, 7) is 3.83. The van der Waals surface area contributed by atoms with Gasteiger partial charge in [-0.25, -0.2) is 0 Å². The van der Waals surface area contributed by atoms with Crippen LogP contribution in [0.15, 0.2) is 18.2 Å². The second kappa shape index (κ2) is 6.61. The number of carbonyl (C=O) groups is 1. The third-order valence-electron chi connectivity index (χ3n) is 3.55. The van der Waals surface area contributed by atoms with E-state index in [2.05, 4.69) is 0 Å². The molecule has 1 saturated heterocycles. The number of ether oxygens (including phenoxy) is 2. The number of nitrogens with zero attached hydrogens (tertiary/aromatic N) is 1. The molecule has 0 bridgehead atoms. The number of amides is 1. The molecule has 1 N–H and O–H groups in total. The van der Waals surface area contributed by atoms with Crippen molar-refractivity contribution in [3.8, 4) is 11.5 Å². The molecule has 20 heavy (non-hydrogen) atoms. The zero-order valence-electron chi connectivity index (χ0n) is 12.0. The first kappa shape index (κ1) is 14.7. The molecular weight excluding hydrogens is 258 g/mol. The molecule has 0 radical (unpaired) electrons. The van der Waals surface area contributed by atoms with Gasteiger partial charge in [0, 0.05) is 19.7 Å². The van der Waals surface area contributed by atoms with Crippen LogP contribution in [0.2, 0.25) is 0 Å². The Labute approximate surface area is 119 Å². The maximum absolute atomic E-state index is 12.5. The van der Waals surface area contributed by atoms with Gasteiger partial charge in [-0.3, -0.25) is 4.79 Å². The van der Waals surface area contributed by atoms with E-state index in [-0.39, 0.29) is 23.3 Å². The smallest absolute Gasteiger partial charge is 0.257 e. The Kier molecular flexibility index (Phi) is 4.84. The van der Waals surface area contributed by atoms with Crippen molar-refractivity contribution >= 4 is 5.91 Å². The van der Waals surface area contributed by atoms with Gasteiger partial charge in [0.2, 0.25) is 0 Å². The van der Waals surface area contributed by atoms with Crippen LogP contribution in [0, 0.1) is 0 Å². The topological polar surface area (TPSA) is 59.0 Å². The van der Waals surface area contributed by atoms with Crippen LogP contribution in [0.5, 0.6) is 11.5 Å². The molecular formula is C15H21NO4. The normalized spacial score (nSPS) is 18.0. The van der Waals surface area contributed by atoms with Crippen LogP contribution in [-0.2, 0) is 4.74 Å². The van der Waals surface area contributed by atoms with Crippen LogP contribution in [0.25, 0.3) is 0 Å². The van der Waals surface area contributed by atoms with E-state index in [4.69, 9.17) is 9.47 Å². The zero-order valence-corrected chi connectivity index (χ0v) is 12.0. The Morgan fingerprint density at radius 1 is 1.55 bits per heavy atom. The lowest BCUT2D eigenvalue weighted by Gasteiger charge is -2.24. The fourth-order valence-corrected chi connectivity index (χ4v) is 2.37. The molecule has 5 heteroatoms. The van der Waals surface area contributed by atoms with Crippen molar-refractivity contribution < 1.29 is 19.4 Å². The van der Waals surface area contributed by atoms with Crippen LogP contribution in [0.1, 0.15) is 30.1 Å². The van der Waals surface area contributed by atoms with Gasteiger partial charge in [-0.2, -0.15) is 0 Å². The lowest BCUT2D eigenvalue weighted by molar-refractivity contribution is 0.0536. The predicted octanol–water partition coefficient (Wildman–Crippen LogP) is 2.04. The molecule has 5 nitrogen and oxygen atoms in total. The Morgan fingerprint density at radius 3 is 2.95 bits per heavy atom. The minimum atomic E-state index is -0.195. The van der Waals surface area contributed by atoms with E-state index in [9.17, 15) is 9.90 Å². The molecule has 1 atom stereocenters. The largest absolute Gasteiger partial charge is 0.507 e. The van der Waals surface area contributed by atoms with E-state index in [0.29, 0.717) is 18.8 Å². The Morgan fingerprint density at radius 2 is 2.35 bits per heavy atom. The van der Waals surface area contributed by atoms with Crippen molar-refractivity contribution in [1.82, 2.24) is 4.90 Å².